The van der Waals surface area contributed by atoms with Crippen molar-refractivity contribution in [3.8, 4) is 11.4 Å². The van der Waals surface area contributed by atoms with E-state index in [9.17, 15) is 19.1 Å². The molecule has 0 aliphatic rings. The van der Waals surface area contributed by atoms with Crippen molar-refractivity contribution >= 4 is 28.9 Å². The molecule has 9 heteroatoms. The summed E-state index contributed by atoms with van der Waals surface area (Å²) in [5.41, 5.74) is 1.07. The summed E-state index contributed by atoms with van der Waals surface area (Å²) >= 11 is 1.48. The van der Waals surface area contributed by atoms with Crippen molar-refractivity contribution in [1.29, 1.82) is 0 Å². The molecule has 2 aromatic heterocycles. The topological polar surface area (TPSA) is 97.2 Å². The lowest BCUT2D eigenvalue weighted by Crippen LogP contribution is -2.17. The third kappa shape index (κ3) is 4.11. The zero-order valence-electron chi connectivity index (χ0n) is 18.5. The molecule has 7 nitrogen and oxygen atoms in total. The highest BCUT2D eigenvalue weighted by Crippen LogP contribution is 2.44. The number of pyridine rings is 1. The third-order valence-electron chi connectivity index (χ3n) is 5.35. The fourth-order valence-corrected chi connectivity index (χ4v) is 4.96. The predicted octanol–water partition coefficient (Wildman–Crippen LogP) is 4.90. The highest BCUT2D eigenvalue weighted by atomic mass is 32.2. The molecule has 0 saturated carbocycles. The van der Waals surface area contributed by atoms with Gasteiger partial charge in [-0.25, -0.2) is 23.5 Å². The Kier molecular flexibility index (Phi) is 5.75. The molecule has 2 aromatic carbocycles. The summed E-state index contributed by atoms with van der Waals surface area (Å²) in [7, 11) is 1.61. The minimum Gasteiger partial charge on any atom is -0.496 e. The lowest BCUT2D eigenvalue weighted by molar-refractivity contribution is 0.0690. The number of nitrogens with zero attached hydrogens (tertiary/aromatic N) is 2. The number of ether oxygens (including phenoxy) is 1. The molecule has 2 heterocycles. The zero-order chi connectivity index (χ0) is 23.9. The van der Waals surface area contributed by atoms with E-state index in [4.69, 9.17) is 4.74 Å². The summed E-state index contributed by atoms with van der Waals surface area (Å²) in [6, 6.07) is 13.5. The standard InChI is InChI=1S/C24H22FN3O4S/c1-13-11-17(22(29)30)26-21-20(13)27-23(31)28(21)18-12-14(9-10-16(18)25)33-24(2,3)15-7-5-6-8-19(15)32-4/h5-12H,1-4H3,(H,27,31)(H,29,30). The first-order valence-electron chi connectivity index (χ1n) is 10.1. The number of carboxylic acids is 1. The van der Waals surface area contributed by atoms with Crippen molar-refractivity contribution in [3.63, 3.8) is 0 Å². The second-order valence-electron chi connectivity index (χ2n) is 8.02. The van der Waals surface area contributed by atoms with E-state index in [1.165, 1.54) is 23.9 Å². The summed E-state index contributed by atoms with van der Waals surface area (Å²) in [6.07, 6.45) is 0. The maximum atomic E-state index is 14.9. The fourth-order valence-electron chi connectivity index (χ4n) is 3.78. The van der Waals surface area contributed by atoms with Crippen LogP contribution in [-0.2, 0) is 4.75 Å². The Balaban J connectivity index is 1.84. The second kappa shape index (κ2) is 8.40. The van der Waals surface area contributed by atoms with Gasteiger partial charge in [0.1, 0.15) is 11.6 Å². The monoisotopic (exact) mass is 467 g/mol. The van der Waals surface area contributed by atoms with Gasteiger partial charge in [-0.3, -0.25) is 0 Å². The van der Waals surface area contributed by atoms with Crippen LogP contribution >= 0.6 is 11.8 Å². The molecule has 0 fully saturated rings. The number of nitrogens with one attached hydrogen (secondary N) is 1. The minimum atomic E-state index is -1.23. The van der Waals surface area contributed by atoms with Gasteiger partial charge in [0.25, 0.3) is 0 Å². The van der Waals surface area contributed by atoms with Crippen molar-refractivity contribution in [2.24, 2.45) is 0 Å². The summed E-state index contributed by atoms with van der Waals surface area (Å²) in [4.78, 5) is 31.7. The summed E-state index contributed by atoms with van der Waals surface area (Å²) in [5.74, 6) is -1.12. The van der Waals surface area contributed by atoms with Gasteiger partial charge in [-0.15, -0.1) is 11.8 Å². The summed E-state index contributed by atoms with van der Waals surface area (Å²) in [6.45, 7) is 5.72. The molecule has 0 radical (unpaired) electrons. The smallest absolute Gasteiger partial charge is 0.354 e. The van der Waals surface area contributed by atoms with Crippen molar-refractivity contribution < 1.29 is 19.0 Å². The van der Waals surface area contributed by atoms with E-state index in [0.717, 1.165) is 20.8 Å². The first-order chi connectivity index (χ1) is 15.6. The number of carbonyl (C=O) groups is 1. The number of halogens is 1. The Morgan fingerprint density at radius 3 is 2.64 bits per heavy atom. The van der Waals surface area contributed by atoms with E-state index in [2.05, 4.69) is 9.97 Å². The van der Waals surface area contributed by atoms with Crippen LogP contribution in [0.15, 0.2) is 58.2 Å². The first-order valence-corrected chi connectivity index (χ1v) is 10.9. The number of methoxy groups -OCH3 is 1. The number of fused-ring (bicyclic) bond motifs is 1. The van der Waals surface area contributed by atoms with E-state index in [1.54, 1.807) is 26.2 Å². The van der Waals surface area contributed by atoms with Gasteiger partial charge in [-0.1, -0.05) is 18.2 Å². The third-order valence-corrected chi connectivity index (χ3v) is 6.57. The predicted molar refractivity (Wildman–Crippen MR) is 125 cm³/mol. The summed E-state index contributed by atoms with van der Waals surface area (Å²) < 4.78 is 21.1. The Morgan fingerprint density at radius 2 is 1.94 bits per heavy atom. The number of aromatic amines is 1. The molecule has 4 rings (SSSR count). The molecule has 2 N–H and O–H groups in total. The number of hydrogen-bond donors (Lipinski definition) is 2. The first kappa shape index (κ1) is 22.6. The van der Waals surface area contributed by atoms with Crippen LogP contribution in [0.25, 0.3) is 16.9 Å². The second-order valence-corrected chi connectivity index (χ2v) is 9.72. The maximum Gasteiger partial charge on any atom is 0.354 e. The normalized spacial score (nSPS) is 11.7. The molecule has 4 aromatic rings. The zero-order valence-corrected chi connectivity index (χ0v) is 19.3. The Labute approximate surface area is 193 Å². The number of aromatic nitrogens is 3. The van der Waals surface area contributed by atoms with Crippen LogP contribution in [0.5, 0.6) is 5.75 Å². The molecule has 0 aliphatic carbocycles. The van der Waals surface area contributed by atoms with Gasteiger partial charge in [0, 0.05) is 15.2 Å². The molecule has 0 unspecified atom stereocenters. The van der Waals surface area contributed by atoms with Crippen molar-refractivity contribution in [3.05, 3.63) is 81.7 Å². The molecule has 0 amide bonds. The molecule has 33 heavy (non-hydrogen) atoms. The molecule has 0 aliphatic heterocycles. The van der Waals surface area contributed by atoms with Crippen LogP contribution in [0.4, 0.5) is 4.39 Å². The summed E-state index contributed by atoms with van der Waals surface area (Å²) in [5, 5.41) is 9.37. The van der Waals surface area contributed by atoms with Gasteiger partial charge in [0.05, 0.1) is 18.3 Å². The average molecular weight is 468 g/mol. The van der Waals surface area contributed by atoms with Crippen LogP contribution in [0.2, 0.25) is 0 Å². The molecule has 0 spiro atoms. The van der Waals surface area contributed by atoms with E-state index in [1.807, 2.05) is 38.1 Å². The molecule has 0 atom stereocenters. The SMILES string of the molecule is COc1ccccc1C(C)(C)Sc1ccc(F)c(-n2c(=O)[nH]c3c(C)cc(C(=O)O)nc32)c1. The average Bonchev–Trinajstić information content (AvgIpc) is 3.11. The number of carboxylic acid groups (broad SMARTS) is 1. The number of para-hydroxylation sites is 1. The Bertz CT molecular complexity index is 1440. The molecular weight excluding hydrogens is 445 g/mol. The van der Waals surface area contributed by atoms with Crippen LogP contribution in [0.3, 0.4) is 0 Å². The lowest BCUT2D eigenvalue weighted by atomic mass is 10.0. The van der Waals surface area contributed by atoms with Gasteiger partial charge >= 0.3 is 11.7 Å². The maximum absolute atomic E-state index is 14.9. The fraction of sp³-hybridized carbons (Fsp3) is 0.208. The molecule has 0 bridgehead atoms. The largest absolute Gasteiger partial charge is 0.496 e. The van der Waals surface area contributed by atoms with E-state index >= 15 is 0 Å². The number of imidazole rings is 1. The van der Waals surface area contributed by atoms with Gasteiger partial charge < -0.3 is 14.8 Å². The van der Waals surface area contributed by atoms with Crippen LogP contribution in [0.1, 0.15) is 35.5 Å². The molecule has 170 valence electrons. The van der Waals surface area contributed by atoms with Gasteiger partial charge in [0.2, 0.25) is 0 Å². The quantitative estimate of drug-likeness (QED) is 0.392. The van der Waals surface area contributed by atoms with Crippen molar-refractivity contribution in [2.75, 3.05) is 7.11 Å². The molecular formula is C24H22FN3O4S. The highest BCUT2D eigenvalue weighted by molar-refractivity contribution is 8.00. The molecule has 0 saturated heterocycles. The number of aromatic carboxylic acids is 1. The van der Waals surface area contributed by atoms with Crippen LogP contribution in [-0.4, -0.2) is 32.7 Å². The van der Waals surface area contributed by atoms with E-state index < -0.39 is 22.2 Å². The number of rotatable bonds is 6. The number of hydrogen-bond acceptors (Lipinski definition) is 5. The van der Waals surface area contributed by atoms with Gasteiger partial charge in [-0.05, 0) is 56.7 Å². The van der Waals surface area contributed by atoms with Gasteiger partial charge in [0.15, 0.2) is 11.3 Å². The van der Waals surface area contributed by atoms with E-state index in [0.29, 0.717) is 11.1 Å². The van der Waals surface area contributed by atoms with E-state index in [-0.39, 0.29) is 17.0 Å². The number of benzene rings is 2. The Hall–Kier alpha value is -3.59. The Morgan fingerprint density at radius 1 is 1.21 bits per heavy atom. The van der Waals surface area contributed by atoms with Crippen LogP contribution < -0.4 is 10.4 Å². The lowest BCUT2D eigenvalue weighted by Gasteiger charge is -2.26. The number of thioether (sulfide) groups is 1. The van der Waals surface area contributed by atoms with Gasteiger partial charge in [-0.2, -0.15) is 0 Å². The highest BCUT2D eigenvalue weighted by Gasteiger charge is 2.26. The minimum absolute atomic E-state index is 0.0125. The van der Waals surface area contributed by atoms with Crippen LogP contribution in [0, 0.1) is 12.7 Å². The van der Waals surface area contributed by atoms with Crippen molar-refractivity contribution in [2.45, 2.75) is 30.4 Å². The van der Waals surface area contributed by atoms with Crippen molar-refractivity contribution in [1.82, 2.24) is 14.5 Å². The number of H-pyrrole nitrogens is 1. The number of aryl methyl sites for hydroxylation is 1.